The van der Waals surface area contributed by atoms with Crippen molar-refractivity contribution in [3.8, 4) is 0 Å². The van der Waals surface area contributed by atoms with E-state index in [0.717, 1.165) is 43.1 Å². The van der Waals surface area contributed by atoms with Gasteiger partial charge in [-0.25, -0.2) is 0 Å². The van der Waals surface area contributed by atoms with Crippen molar-refractivity contribution in [2.45, 2.75) is 31.7 Å². The van der Waals surface area contributed by atoms with Crippen molar-refractivity contribution in [1.82, 2.24) is 0 Å². The summed E-state index contributed by atoms with van der Waals surface area (Å²) in [6.07, 6.45) is 4.33. The van der Waals surface area contributed by atoms with E-state index in [1.54, 1.807) is 23.1 Å². The minimum atomic E-state index is -0.819. The van der Waals surface area contributed by atoms with Crippen LogP contribution in [-0.2, 0) is 11.3 Å². The van der Waals surface area contributed by atoms with Crippen LogP contribution in [0.25, 0.3) is 16.3 Å². The third kappa shape index (κ3) is 4.77. The number of aromatic nitrogens is 1. The largest absolute Gasteiger partial charge is 0.481 e. The van der Waals surface area contributed by atoms with Crippen LogP contribution in [0.3, 0.4) is 0 Å². The molecular formula is C23H21Cl2N2O2S2+. The fourth-order valence-electron chi connectivity index (χ4n) is 3.56. The smallest absolute Gasteiger partial charge is 0.309 e. The van der Waals surface area contributed by atoms with E-state index in [2.05, 4.69) is 37.0 Å². The van der Waals surface area contributed by atoms with E-state index < -0.39 is 5.97 Å². The van der Waals surface area contributed by atoms with E-state index in [-0.39, 0.29) is 6.42 Å². The van der Waals surface area contributed by atoms with E-state index in [1.165, 1.54) is 4.90 Å². The topological polar surface area (TPSA) is 44.4 Å². The van der Waals surface area contributed by atoms with Crippen molar-refractivity contribution in [3.63, 3.8) is 0 Å². The highest BCUT2D eigenvalue weighted by molar-refractivity contribution is 8.03. The molecular weight excluding hydrogens is 471 g/mol. The van der Waals surface area contributed by atoms with Gasteiger partial charge >= 0.3 is 5.97 Å². The van der Waals surface area contributed by atoms with Gasteiger partial charge < -0.3 is 10.0 Å². The Morgan fingerprint density at radius 2 is 1.94 bits per heavy atom. The molecule has 0 spiro atoms. The third-order valence-corrected chi connectivity index (χ3v) is 7.65. The number of thiazole rings is 1. The van der Waals surface area contributed by atoms with Gasteiger partial charge in [-0.05, 0) is 55.8 Å². The lowest BCUT2D eigenvalue weighted by atomic mass is 10.2. The maximum atomic E-state index is 11.2. The Labute approximate surface area is 199 Å². The van der Waals surface area contributed by atoms with Gasteiger partial charge in [-0.3, -0.25) is 4.79 Å². The molecule has 8 heteroatoms. The fraction of sp³-hybridized carbons (Fsp3) is 0.217. The van der Waals surface area contributed by atoms with Gasteiger partial charge in [0.25, 0.3) is 5.01 Å². The monoisotopic (exact) mass is 491 g/mol. The van der Waals surface area contributed by atoms with Gasteiger partial charge in [0.1, 0.15) is 11.1 Å². The summed E-state index contributed by atoms with van der Waals surface area (Å²) in [5.41, 5.74) is 3.17. The van der Waals surface area contributed by atoms with Gasteiger partial charge in [0.05, 0.1) is 10.7 Å². The van der Waals surface area contributed by atoms with Crippen LogP contribution in [0.5, 0.6) is 0 Å². The van der Waals surface area contributed by atoms with Crippen molar-refractivity contribution in [2.75, 3.05) is 11.4 Å². The zero-order valence-electron chi connectivity index (χ0n) is 17.1. The quantitative estimate of drug-likeness (QED) is 0.383. The fourth-order valence-corrected chi connectivity index (χ4v) is 6.29. The summed E-state index contributed by atoms with van der Waals surface area (Å²) in [5, 5.41) is 12.7. The van der Waals surface area contributed by atoms with Gasteiger partial charge in [0.2, 0.25) is 5.52 Å². The number of nitrogens with zero attached hydrogens (tertiary/aromatic N) is 2. The normalized spacial score (nSPS) is 15.2. The highest BCUT2D eigenvalue weighted by Crippen LogP contribution is 2.47. The Morgan fingerprint density at radius 1 is 1.19 bits per heavy atom. The van der Waals surface area contributed by atoms with E-state index in [0.29, 0.717) is 11.6 Å². The molecule has 31 heavy (non-hydrogen) atoms. The molecule has 0 fully saturated rings. The number of anilines is 1. The summed E-state index contributed by atoms with van der Waals surface area (Å²) in [6.45, 7) is 5.43. The first-order valence-corrected chi connectivity index (χ1v) is 12.2. The molecule has 2 aromatic carbocycles. The van der Waals surface area contributed by atoms with Gasteiger partial charge in [0.15, 0.2) is 6.54 Å². The number of thioether (sulfide) groups is 1. The number of aryl methyl sites for hydroxylation is 1. The molecule has 1 aromatic heterocycles. The molecule has 0 amide bonds. The van der Waals surface area contributed by atoms with Crippen LogP contribution in [0.4, 0.5) is 5.69 Å². The molecule has 0 aliphatic carbocycles. The number of hydrogen-bond donors (Lipinski definition) is 1. The zero-order valence-corrected chi connectivity index (χ0v) is 20.2. The first kappa shape index (κ1) is 22.2. The number of carbonyl (C=O) groups is 1. The average Bonchev–Trinajstić information content (AvgIpc) is 3.22. The number of hydrogen-bond acceptors (Lipinski definition) is 4. The summed E-state index contributed by atoms with van der Waals surface area (Å²) < 4.78 is 3.12. The van der Waals surface area contributed by atoms with Crippen LogP contribution in [0.1, 0.15) is 25.3 Å². The molecule has 0 atom stereocenters. The second-order valence-corrected chi connectivity index (χ2v) is 10.2. The van der Waals surface area contributed by atoms with Crippen molar-refractivity contribution < 1.29 is 14.5 Å². The van der Waals surface area contributed by atoms with Crippen molar-refractivity contribution >= 4 is 74.2 Å². The molecule has 0 saturated carbocycles. The molecule has 1 N–H and O–H groups in total. The highest BCUT2D eigenvalue weighted by Gasteiger charge is 2.25. The second-order valence-electron chi connectivity index (χ2n) is 7.18. The third-order valence-electron chi connectivity index (χ3n) is 4.95. The van der Waals surface area contributed by atoms with Crippen LogP contribution >= 0.6 is 46.3 Å². The molecule has 2 heterocycles. The molecule has 0 bridgehead atoms. The van der Waals surface area contributed by atoms with Crippen LogP contribution in [0.2, 0.25) is 10.0 Å². The van der Waals surface area contributed by atoms with Crippen LogP contribution in [0.15, 0.2) is 58.0 Å². The molecule has 160 valence electrons. The van der Waals surface area contributed by atoms with Crippen molar-refractivity contribution in [3.05, 3.63) is 68.1 Å². The molecule has 1 aliphatic heterocycles. The van der Waals surface area contributed by atoms with Crippen molar-refractivity contribution in [2.24, 2.45) is 0 Å². The molecule has 4 nitrogen and oxygen atoms in total. The molecule has 3 aromatic rings. The number of carboxylic acid groups (broad SMARTS) is 1. The number of fused-ring (bicyclic) bond motifs is 2. The maximum Gasteiger partial charge on any atom is 0.309 e. The average molecular weight is 492 g/mol. The molecule has 0 radical (unpaired) electrons. The standard InChI is InChI=1S/C23H20Cl2N2O2S2/c1-3-26-17-12-15(24)4-6-19(17)30-21(26)10-14(2)11-22-27(9-8-23(28)29)18-13-16(25)5-7-20(18)31-22/h4-7,10-13H,3,8-9H2,1-2H3/p+1. The Morgan fingerprint density at radius 3 is 2.68 bits per heavy atom. The predicted molar refractivity (Wildman–Crippen MR) is 131 cm³/mol. The number of benzene rings is 2. The maximum absolute atomic E-state index is 11.2. The number of halogens is 2. The van der Waals surface area contributed by atoms with E-state index in [1.807, 2.05) is 34.9 Å². The Balaban J connectivity index is 1.71. The van der Waals surface area contributed by atoms with Gasteiger partial charge in [-0.2, -0.15) is 4.57 Å². The Kier molecular flexibility index (Phi) is 6.63. The summed E-state index contributed by atoms with van der Waals surface area (Å²) in [6, 6.07) is 11.7. The van der Waals surface area contributed by atoms with Crippen LogP contribution in [0, 0.1) is 0 Å². The van der Waals surface area contributed by atoms with Gasteiger partial charge in [0, 0.05) is 33.6 Å². The first-order valence-electron chi connectivity index (χ1n) is 9.84. The zero-order chi connectivity index (χ0) is 22.1. The van der Waals surface area contributed by atoms with Crippen LogP contribution in [-0.4, -0.2) is 17.6 Å². The second kappa shape index (κ2) is 9.25. The number of allylic oxidation sites excluding steroid dienone is 2. The summed E-state index contributed by atoms with van der Waals surface area (Å²) in [7, 11) is 0. The summed E-state index contributed by atoms with van der Waals surface area (Å²) in [4.78, 5) is 14.6. The van der Waals surface area contributed by atoms with Crippen LogP contribution < -0.4 is 9.47 Å². The SMILES string of the molecule is CCN1/C(=C/C(C)=C/c2sc3ccc(Cl)cc3[n+]2CCC(=O)O)Sc2ccc(Cl)cc21. The lowest BCUT2D eigenvalue weighted by Gasteiger charge is -2.18. The lowest BCUT2D eigenvalue weighted by molar-refractivity contribution is -0.667. The van der Waals surface area contributed by atoms with E-state index in [9.17, 15) is 9.90 Å². The molecule has 4 rings (SSSR count). The minimum Gasteiger partial charge on any atom is -0.481 e. The molecule has 1 aliphatic rings. The van der Waals surface area contributed by atoms with Gasteiger partial charge in [-0.1, -0.05) is 46.3 Å². The van der Waals surface area contributed by atoms with Crippen molar-refractivity contribution in [1.29, 1.82) is 0 Å². The van der Waals surface area contributed by atoms with E-state index in [4.69, 9.17) is 23.2 Å². The molecule has 0 unspecified atom stereocenters. The Bertz CT molecular complexity index is 1230. The predicted octanol–water partition coefficient (Wildman–Crippen LogP) is 6.85. The number of aliphatic carboxylic acids is 1. The number of carboxylic acids is 1. The first-order chi connectivity index (χ1) is 14.9. The van der Waals surface area contributed by atoms with Gasteiger partial charge in [-0.15, -0.1) is 0 Å². The minimum absolute atomic E-state index is 0.0551. The summed E-state index contributed by atoms with van der Waals surface area (Å²) >= 11 is 15.8. The van der Waals surface area contributed by atoms with E-state index >= 15 is 0 Å². The lowest BCUT2D eigenvalue weighted by Crippen LogP contribution is -2.36. The molecule has 0 saturated heterocycles. The summed E-state index contributed by atoms with van der Waals surface area (Å²) in [5.74, 6) is -0.819. The highest BCUT2D eigenvalue weighted by atomic mass is 35.5. The number of rotatable bonds is 6. The Hall–Kier alpha value is -1.99.